The minimum absolute atomic E-state index is 0.0199. The van der Waals surface area contributed by atoms with Crippen LogP contribution in [-0.2, 0) is 10.2 Å². The molecule has 0 aliphatic heterocycles. The standard InChI is InChI=1S/C13H20N2O/c1-13(2,10-15-12(16)8-9-14)11-6-4-3-5-7-11/h3-7H,8-10,14H2,1-2H3,(H,15,16). The van der Waals surface area contributed by atoms with Crippen molar-refractivity contribution in [1.82, 2.24) is 5.32 Å². The van der Waals surface area contributed by atoms with E-state index in [1.165, 1.54) is 5.56 Å². The molecule has 1 rings (SSSR count). The summed E-state index contributed by atoms with van der Waals surface area (Å²) in [5.41, 5.74) is 6.49. The summed E-state index contributed by atoms with van der Waals surface area (Å²) in [5, 5.41) is 2.90. The number of nitrogens with two attached hydrogens (primary N) is 1. The second kappa shape index (κ2) is 5.66. The Bertz CT molecular complexity index is 333. The second-order valence-electron chi connectivity index (χ2n) is 4.57. The van der Waals surface area contributed by atoms with Crippen LogP contribution in [0.5, 0.6) is 0 Å². The lowest BCUT2D eigenvalue weighted by molar-refractivity contribution is -0.121. The maximum Gasteiger partial charge on any atom is 0.221 e. The predicted molar refractivity (Wildman–Crippen MR) is 66.1 cm³/mol. The van der Waals surface area contributed by atoms with Gasteiger partial charge in [0.25, 0.3) is 0 Å². The lowest BCUT2D eigenvalue weighted by Crippen LogP contribution is -2.37. The molecule has 0 fully saturated rings. The number of rotatable bonds is 5. The van der Waals surface area contributed by atoms with Crippen LogP contribution in [0.4, 0.5) is 0 Å². The fraction of sp³-hybridized carbons (Fsp3) is 0.462. The normalized spacial score (nSPS) is 11.2. The zero-order chi connectivity index (χ0) is 12.0. The van der Waals surface area contributed by atoms with Crippen molar-refractivity contribution in [2.24, 2.45) is 5.73 Å². The van der Waals surface area contributed by atoms with E-state index in [2.05, 4.69) is 31.3 Å². The van der Waals surface area contributed by atoms with Gasteiger partial charge in [-0.1, -0.05) is 44.2 Å². The Kier molecular flexibility index (Phi) is 4.50. The van der Waals surface area contributed by atoms with Crippen molar-refractivity contribution in [2.45, 2.75) is 25.7 Å². The fourth-order valence-corrected chi connectivity index (χ4v) is 1.53. The summed E-state index contributed by atoms with van der Waals surface area (Å²) in [6.45, 7) is 5.27. The minimum atomic E-state index is -0.0501. The second-order valence-corrected chi connectivity index (χ2v) is 4.57. The van der Waals surface area contributed by atoms with Crippen LogP contribution >= 0.6 is 0 Å². The fourth-order valence-electron chi connectivity index (χ4n) is 1.53. The molecule has 0 spiro atoms. The smallest absolute Gasteiger partial charge is 0.221 e. The van der Waals surface area contributed by atoms with Crippen molar-refractivity contribution < 1.29 is 4.79 Å². The monoisotopic (exact) mass is 220 g/mol. The van der Waals surface area contributed by atoms with Gasteiger partial charge in [0.05, 0.1) is 0 Å². The minimum Gasteiger partial charge on any atom is -0.355 e. The van der Waals surface area contributed by atoms with Gasteiger partial charge < -0.3 is 11.1 Å². The molecule has 0 saturated carbocycles. The highest BCUT2D eigenvalue weighted by atomic mass is 16.1. The van der Waals surface area contributed by atoms with Crippen LogP contribution in [-0.4, -0.2) is 19.0 Å². The third-order valence-corrected chi connectivity index (χ3v) is 2.65. The van der Waals surface area contributed by atoms with Gasteiger partial charge in [0.1, 0.15) is 0 Å². The molecule has 0 aromatic heterocycles. The maximum absolute atomic E-state index is 11.3. The molecule has 0 bridgehead atoms. The van der Waals surface area contributed by atoms with Crippen LogP contribution in [0.3, 0.4) is 0 Å². The molecule has 0 atom stereocenters. The molecule has 3 N–H and O–H groups in total. The van der Waals surface area contributed by atoms with Crippen LogP contribution in [0.1, 0.15) is 25.8 Å². The van der Waals surface area contributed by atoms with Crippen molar-refractivity contribution in [1.29, 1.82) is 0 Å². The average molecular weight is 220 g/mol. The van der Waals surface area contributed by atoms with Gasteiger partial charge in [-0.05, 0) is 5.56 Å². The first kappa shape index (κ1) is 12.7. The Morgan fingerprint density at radius 2 is 1.94 bits per heavy atom. The molecule has 3 heteroatoms. The summed E-state index contributed by atoms with van der Waals surface area (Å²) in [5.74, 6) is 0.0199. The van der Waals surface area contributed by atoms with E-state index in [9.17, 15) is 4.79 Å². The highest BCUT2D eigenvalue weighted by Gasteiger charge is 2.20. The Morgan fingerprint density at radius 1 is 1.31 bits per heavy atom. The zero-order valence-corrected chi connectivity index (χ0v) is 9.99. The lowest BCUT2D eigenvalue weighted by Gasteiger charge is -2.25. The first-order valence-corrected chi connectivity index (χ1v) is 5.58. The van der Waals surface area contributed by atoms with E-state index in [0.29, 0.717) is 19.5 Å². The molecule has 0 aliphatic carbocycles. The summed E-state index contributed by atoms with van der Waals surface area (Å²) >= 11 is 0. The van der Waals surface area contributed by atoms with Crippen molar-refractivity contribution in [3.8, 4) is 0 Å². The number of carbonyl (C=O) groups excluding carboxylic acids is 1. The van der Waals surface area contributed by atoms with E-state index >= 15 is 0 Å². The van der Waals surface area contributed by atoms with Crippen LogP contribution in [0, 0.1) is 0 Å². The Hall–Kier alpha value is -1.35. The molecule has 0 unspecified atom stereocenters. The number of carbonyl (C=O) groups is 1. The van der Waals surface area contributed by atoms with E-state index < -0.39 is 0 Å². The van der Waals surface area contributed by atoms with Crippen molar-refractivity contribution in [3.63, 3.8) is 0 Å². The number of hydrogen-bond acceptors (Lipinski definition) is 2. The molecule has 0 aliphatic rings. The van der Waals surface area contributed by atoms with Gasteiger partial charge in [0, 0.05) is 24.9 Å². The first-order valence-electron chi connectivity index (χ1n) is 5.58. The van der Waals surface area contributed by atoms with E-state index in [1.54, 1.807) is 0 Å². The number of nitrogens with one attached hydrogen (secondary N) is 1. The number of amides is 1. The lowest BCUT2D eigenvalue weighted by atomic mass is 9.84. The first-order chi connectivity index (χ1) is 7.56. The molecular formula is C13H20N2O. The third kappa shape index (κ3) is 3.66. The summed E-state index contributed by atoms with van der Waals surface area (Å²) in [6.07, 6.45) is 0.394. The van der Waals surface area contributed by atoms with Gasteiger partial charge in [-0.25, -0.2) is 0 Å². The summed E-state index contributed by atoms with van der Waals surface area (Å²) in [6, 6.07) is 10.2. The van der Waals surface area contributed by atoms with Gasteiger partial charge >= 0.3 is 0 Å². The largest absolute Gasteiger partial charge is 0.355 e. The van der Waals surface area contributed by atoms with Gasteiger partial charge in [-0.2, -0.15) is 0 Å². The molecule has 1 aromatic carbocycles. The number of benzene rings is 1. The highest BCUT2D eigenvalue weighted by molar-refractivity contribution is 5.76. The van der Waals surface area contributed by atoms with E-state index in [4.69, 9.17) is 5.73 Å². The van der Waals surface area contributed by atoms with Crippen molar-refractivity contribution in [2.75, 3.05) is 13.1 Å². The topological polar surface area (TPSA) is 55.1 Å². The molecule has 1 aromatic rings. The average Bonchev–Trinajstić information content (AvgIpc) is 2.28. The summed E-state index contributed by atoms with van der Waals surface area (Å²) < 4.78 is 0. The molecule has 88 valence electrons. The molecule has 0 heterocycles. The van der Waals surface area contributed by atoms with Crippen LogP contribution in [0.25, 0.3) is 0 Å². The Balaban J connectivity index is 2.55. The summed E-state index contributed by atoms with van der Waals surface area (Å²) in [7, 11) is 0. The van der Waals surface area contributed by atoms with E-state index in [0.717, 1.165) is 0 Å². The van der Waals surface area contributed by atoms with E-state index in [-0.39, 0.29) is 11.3 Å². The van der Waals surface area contributed by atoms with Gasteiger partial charge in [-0.3, -0.25) is 4.79 Å². The molecule has 0 saturated heterocycles. The van der Waals surface area contributed by atoms with Crippen LogP contribution in [0.2, 0.25) is 0 Å². The SMILES string of the molecule is CC(C)(CNC(=O)CCN)c1ccccc1. The Labute approximate surface area is 97.0 Å². The maximum atomic E-state index is 11.3. The van der Waals surface area contributed by atoms with Gasteiger partial charge in [-0.15, -0.1) is 0 Å². The van der Waals surface area contributed by atoms with E-state index in [1.807, 2.05) is 18.2 Å². The number of hydrogen-bond donors (Lipinski definition) is 2. The Morgan fingerprint density at radius 3 is 2.50 bits per heavy atom. The van der Waals surface area contributed by atoms with Crippen LogP contribution in [0.15, 0.2) is 30.3 Å². The van der Waals surface area contributed by atoms with Gasteiger partial charge in [0.2, 0.25) is 5.91 Å². The molecule has 1 amide bonds. The zero-order valence-electron chi connectivity index (χ0n) is 9.99. The molecule has 16 heavy (non-hydrogen) atoms. The molecular weight excluding hydrogens is 200 g/mol. The van der Waals surface area contributed by atoms with Crippen molar-refractivity contribution in [3.05, 3.63) is 35.9 Å². The predicted octanol–water partition coefficient (Wildman–Crippen LogP) is 1.43. The highest BCUT2D eigenvalue weighted by Crippen LogP contribution is 2.21. The van der Waals surface area contributed by atoms with Gasteiger partial charge in [0.15, 0.2) is 0 Å². The van der Waals surface area contributed by atoms with Crippen molar-refractivity contribution >= 4 is 5.91 Å². The van der Waals surface area contributed by atoms with Crippen LogP contribution < -0.4 is 11.1 Å². The summed E-state index contributed by atoms with van der Waals surface area (Å²) in [4.78, 5) is 11.3. The molecule has 3 nitrogen and oxygen atoms in total. The quantitative estimate of drug-likeness (QED) is 0.788. The molecule has 0 radical (unpaired) electrons. The third-order valence-electron chi connectivity index (χ3n) is 2.65.